The second kappa shape index (κ2) is 8.11. The van der Waals surface area contributed by atoms with Crippen LogP contribution in [0.15, 0.2) is 9.59 Å². The highest BCUT2D eigenvalue weighted by Gasteiger charge is 2.20. The minimum Gasteiger partial charge on any atom is -0.468 e. The summed E-state index contributed by atoms with van der Waals surface area (Å²) in [7, 11) is 2.83. The molecule has 1 N–H and O–H groups in total. The van der Waals surface area contributed by atoms with Crippen LogP contribution in [0.3, 0.4) is 0 Å². The molecule has 0 spiro atoms. The van der Waals surface area contributed by atoms with E-state index in [9.17, 15) is 14.4 Å². The Morgan fingerprint density at radius 2 is 2.04 bits per heavy atom. The van der Waals surface area contributed by atoms with E-state index in [-0.39, 0.29) is 17.7 Å². The van der Waals surface area contributed by atoms with Gasteiger partial charge in [-0.3, -0.25) is 24.0 Å². The predicted octanol–water partition coefficient (Wildman–Crippen LogP) is 0.218. The molecule has 0 aromatic carbocycles. The van der Waals surface area contributed by atoms with E-state index in [1.807, 2.05) is 6.92 Å². The van der Waals surface area contributed by atoms with Crippen LogP contribution in [-0.4, -0.2) is 50.2 Å². The molecule has 0 saturated heterocycles. The van der Waals surface area contributed by atoms with Gasteiger partial charge in [0.2, 0.25) is 0 Å². The van der Waals surface area contributed by atoms with Crippen molar-refractivity contribution in [2.45, 2.75) is 39.8 Å². The Morgan fingerprint density at radius 3 is 2.64 bits per heavy atom. The van der Waals surface area contributed by atoms with Gasteiger partial charge in [-0.2, -0.15) is 0 Å². The van der Waals surface area contributed by atoms with Crippen molar-refractivity contribution >= 4 is 17.1 Å². The summed E-state index contributed by atoms with van der Waals surface area (Å²) in [4.78, 5) is 44.8. The van der Waals surface area contributed by atoms with Gasteiger partial charge in [-0.1, -0.05) is 20.3 Å². The van der Waals surface area contributed by atoms with Gasteiger partial charge < -0.3 is 9.30 Å². The zero-order valence-electron chi connectivity index (χ0n) is 15.2. The van der Waals surface area contributed by atoms with Gasteiger partial charge in [-0.25, -0.2) is 9.78 Å². The number of aryl methyl sites for hydroxylation is 1. The molecule has 0 bridgehead atoms. The number of fused-ring (bicyclic) bond motifs is 1. The number of carbonyl (C=O) groups is 1. The van der Waals surface area contributed by atoms with Gasteiger partial charge in [-0.15, -0.1) is 0 Å². The molecule has 0 atom stereocenters. The molecule has 2 aromatic rings. The van der Waals surface area contributed by atoms with Crippen LogP contribution in [0.4, 0.5) is 0 Å². The fourth-order valence-electron chi connectivity index (χ4n) is 2.70. The first kappa shape index (κ1) is 18.9. The van der Waals surface area contributed by atoms with Crippen molar-refractivity contribution in [3.8, 4) is 0 Å². The third-order valence-electron chi connectivity index (χ3n) is 4.24. The Morgan fingerprint density at radius 1 is 1.32 bits per heavy atom. The Balaban J connectivity index is 2.57. The van der Waals surface area contributed by atoms with E-state index in [1.54, 1.807) is 0 Å². The largest absolute Gasteiger partial charge is 0.468 e. The first-order valence-electron chi connectivity index (χ1n) is 8.40. The lowest BCUT2D eigenvalue weighted by atomic mass is 10.3. The van der Waals surface area contributed by atoms with Crippen LogP contribution in [0.25, 0.3) is 11.2 Å². The van der Waals surface area contributed by atoms with Gasteiger partial charge in [0, 0.05) is 7.05 Å². The van der Waals surface area contributed by atoms with Crippen LogP contribution in [0, 0.1) is 0 Å². The predicted molar refractivity (Wildman–Crippen MR) is 93.5 cm³/mol. The molecule has 0 fully saturated rings. The molecule has 0 aliphatic heterocycles. The fraction of sp³-hybridized carbons (Fsp3) is 0.625. The number of nitrogens with zero attached hydrogens (tertiary/aromatic N) is 4. The van der Waals surface area contributed by atoms with Crippen LogP contribution in [0.1, 0.15) is 32.5 Å². The number of nitrogens with one attached hydrogen (secondary N) is 1. The Labute approximate surface area is 145 Å². The Bertz CT molecular complexity index is 864. The van der Waals surface area contributed by atoms with Crippen LogP contribution >= 0.6 is 0 Å². The van der Waals surface area contributed by atoms with E-state index in [0.717, 1.165) is 25.9 Å². The molecule has 0 radical (unpaired) electrons. The number of ether oxygens (including phenoxy) is 1. The van der Waals surface area contributed by atoms with Crippen molar-refractivity contribution in [3.63, 3.8) is 0 Å². The monoisotopic (exact) mass is 351 g/mol. The number of esters is 1. The average Bonchev–Trinajstić information content (AvgIpc) is 2.95. The van der Waals surface area contributed by atoms with Crippen molar-refractivity contribution in [1.82, 2.24) is 24.0 Å². The first-order chi connectivity index (χ1) is 11.9. The smallest absolute Gasteiger partial charge is 0.329 e. The summed E-state index contributed by atoms with van der Waals surface area (Å²) < 4.78 is 7.55. The van der Waals surface area contributed by atoms with Crippen LogP contribution in [0.2, 0.25) is 0 Å². The molecule has 0 saturated carbocycles. The maximum Gasteiger partial charge on any atom is 0.329 e. The molecule has 2 aromatic heterocycles. The highest BCUT2D eigenvalue weighted by Crippen LogP contribution is 2.13. The summed E-state index contributed by atoms with van der Waals surface area (Å²) in [6.07, 6.45) is 2.12. The molecule has 25 heavy (non-hydrogen) atoms. The van der Waals surface area contributed by atoms with E-state index >= 15 is 0 Å². The zero-order valence-corrected chi connectivity index (χ0v) is 15.2. The SMILES string of the molecule is CCCCN(CC)Cc1nc2c(c(=O)[nH]c(=O)n2C)n1CC(=O)OC. The van der Waals surface area contributed by atoms with Crippen molar-refractivity contribution < 1.29 is 9.53 Å². The van der Waals surface area contributed by atoms with E-state index in [1.165, 1.54) is 23.3 Å². The van der Waals surface area contributed by atoms with E-state index < -0.39 is 17.2 Å². The Kier molecular flexibility index (Phi) is 6.13. The van der Waals surface area contributed by atoms with Crippen molar-refractivity contribution in [1.29, 1.82) is 0 Å². The van der Waals surface area contributed by atoms with Crippen molar-refractivity contribution in [2.24, 2.45) is 7.05 Å². The van der Waals surface area contributed by atoms with Gasteiger partial charge in [0.1, 0.15) is 12.4 Å². The molecule has 0 aliphatic carbocycles. The lowest BCUT2D eigenvalue weighted by Gasteiger charge is -2.20. The van der Waals surface area contributed by atoms with Crippen LogP contribution in [-0.2, 0) is 29.7 Å². The number of aromatic nitrogens is 4. The zero-order chi connectivity index (χ0) is 18.6. The van der Waals surface area contributed by atoms with Gasteiger partial charge in [0.25, 0.3) is 5.56 Å². The van der Waals surface area contributed by atoms with Crippen LogP contribution < -0.4 is 11.2 Å². The molecule has 9 heteroatoms. The maximum absolute atomic E-state index is 12.3. The molecular formula is C16H25N5O4. The minimum absolute atomic E-state index is 0.130. The number of hydrogen-bond donors (Lipinski definition) is 1. The maximum atomic E-state index is 12.3. The molecular weight excluding hydrogens is 326 g/mol. The summed E-state index contributed by atoms with van der Waals surface area (Å²) in [6.45, 7) is 6.23. The third-order valence-corrected chi connectivity index (χ3v) is 4.24. The second-order valence-electron chi connectivity index (χ2n) is 5.90. The first-order valence-corrected chi connectivity index (χ1v) is 8.40. The van der Waals surface area contributed by atoms with E-state index in [0.29, 0.717) is 12.4 Å². The topological polar surface area (TPSA) is 102 Å². The van der Waals surface area contributed by atoms with E-state index in [4.69, 9.17) is 4.74 Å². The number of rotatable bonds is 8. The van der Waals surface area contributed by atoms with E-state index in [2.05, 4.69) is 21.8 Å². The number of imidazole rings is 1. The van der Waals surface area contributed by atoms with Crippen LogP contribution in [0.5, 0.6) is 0 Å². The summed E-state index contributed by atoms with van der Waals surface area (Å²) in [5, 5.41) is 0. The number of hydrogen-bond acceptors (Lipinski definition) is 6. The Hall–Kier alpha value is -2.42. The normalized spacial score (nSPS) is 11.4. The minimum atomic E-state index is -0.558. The highest BCUT2D eigenvalue weighted by atomic mass is 16.5. The lowest BCUT2D eigenvalue weighted by Crippen LogP contribution is -2.30. The summed E-state index contributed by atoms with van der Waals surface area (Å²) >= 11 is 0. The second-order valence-corrected chi connectivity index (χ2v) is 5.90. The van der Waals surface area contributed by atoms with Crippen molar-refractivity contribution in [3.05, 3.63) is 26.7 Å². The summed E-state index contributed by atoms with van der Waals surface area (Å²) in [6, 6.07) is 0. The number of methoxy groups -OCH3 is 1. The lowest BCUT2D eigenvalue weighted by molar-refractivity contribution is -0.141. The average molecular weight is 351 g/mol. The van der Waals surface area contributed by atoms with Crippen molar-refractivity contribution in [2.75, 3.05) is 20.2 Å². The summed E-state index contributed by atoms with van der Waals surface area (Å²) in [5.41, 5.74) is -0.629. The number of H-pyrrole nitrogens is 1. The van der Waals surface area contributed by atoms with Gasteiger partial charge in [0.05, 0.1) is 13.7 Å². The van der Waals surface area contributed by atoms with Gasteiger partial charge in [-0.05, 0) is 19.5 Å². The fourth-order valence-corrected chi connectivity index (χ4v) is 2.70. The molecule has 2 heterocycles. The molecule has 2 rings (SSSR count). The molecule has 138 valence electrons. The number of unbranched alkanes of at least 4 members (excludes halogenated alkanes) is 1. The molecule has 9 nitrogen and oxygen atoms in total. The number of aromatic amines is 1. The molecule has 0 aliphatic rings. The highest BCUT2D eigenvalue weighted by molar-refractivity contribution is 5.75. The number of carbonyl (C=O) groups excluding carboxylic acids is 1. The van der Waals surface area contributed by atoms with Gasteiger partial charge in [0.15, 0.2) is 11.2 Å². The third kappa shape index (κ3) is 3.98. The molecule has 0 unspecified atom stereocenters. The quantitative estimate of drug-likeness (QED) is 0.683. The standard InChI is InChI=1S/C16H25N5O4/c1-5-7-8-20(6-2)9-11-17-14-13(21(11)10-12(22)25-4)15(23)18-16(24)19(14)3/h5-10H2,1-4H3,(H,18,23,24). The van der Waals surface area contributed by atoms with Gasteiger partial charge >= 0.3 is 11.7 Å². The summed E-state index contributed by atoms with van der Waals surface area (Å²) in [5.74, 6) is 0.0791. The molecule has 0 amide bonds.